The van der Waals surface area contributed by atoms with Crippen LogP contribution in [0, 0.1) is 5.41 Å². The normalized spacial score (nSPS) is 20.6. The number of esters is 1. The van der Waals surface area contributed by atoms with Gasteiger partial charge in [0.05, 0.1) is 12.0 Å². The van der Waals surface area contributed by atoms with Crippen LogP contribution >= 0.6 is 0 Å². The van der Waals surface area contributed by atoms with Gasteiger partial charge in [-0.2, -0.15) is 0 Å². The van der Waals surface area contributed by atoms with Gasteiger partial charge < -0.3 is 10.5 Å². The van der Waals surface area contributed by atoms with Crippen molar-refractivity contribution in [2.24, 2.45) is 11.1 Å². The minimum atomic E-state index is -0.540. The van der Waals surface area contributed by atoms with E-state index in [9.17, 15) is 4.79 Å². The summed E-state index contributed by atoms with van der Waals surface area (Å²) in [5.41, 5.74) is 5.24. The Hall–Kier alpha value is -0.570. The molecule has 0 aromatic rings. The minimum absolute atomic E-state index is 0.169. The van der Waals surface area contributed by atoms with Crippen LogP contribution in [0.4, 0.5) is 0 Å². The Morgan fingerprint density at radius 1 is 1.54 bits per heavy atom. The van der Waals surface area contributed by atoms with Crippen LogP contribution in [0.15, 0.2) is 0 Å². The Balaban J connectivity index is 2.68. The monoisotopic (exact) mass is 185 g/mol. The molecule has 13 heavy (non-hydrogen) atoms. The molecule has 1 saturated carbocycles. The summed E-state index contributed by atoms with van der Waals surface area (Å²) >= 11 is 0. The van der Waals surface area contributed by atoms with Gasteiger partial charge in [0.25, 0.3) is 0 Å². The summed E-state index contributed by atoms with van der Waals surface area (Å²) in [6.45, 7) is 6.00. The molecule has 1 rings (SSSR count). The first kappa shape index (κ1) is 10.5. The highest BCUT2D eigenvalue weighted by Crippen LogP contribution is 2.44. The number of nitrogens with two attached hydrogens (primary N) is 1. The first-order valence-corrected chi connectivity index (χ1v) is 4.90. The Kier molecular flexibility index (Phi) is 2.66. The number of rotatable bonds is 3. The SMILES string of the molecule is CCOC(=O)C(C)(C)C1(N)CCC1. The predicted octanol–water partition coefficient (Wildman–Crippen LogP) is 1.46. The Morgan fingerprint density at radius 3 is 2.38 bits per heavy atom. The molecule has 3 heteroatoms. The number of hydrogen-bond acceptors (Lipinski definition) is 3. The fourth-order valence-corrected chi connectivity index (χ4v) is 1.70. The molecule has 76 valence electrons. The largest absolute Gasteiger partial charge is 0.466 e. The average molecular weight is 185 g/mol. The molecule has 0 unspecified atom stereocenters. The van der Waals surface area contributed by atoms with Crippen molar-refractivity contribution in [1.29, 1.82) is 0 Å². The molecule has 0 aliphatic heterocycles. The van der Waals surface area contributed by atoms with Crippen LogP contribution in [0.5, 0.6) is 0 Å². The van der Waals surface area contributed by atoms with E-state index in [2.05, 4.69) is 0 Å². The van der Waals surface area contributed by atoms with Gasteiger partial charge in [0, 0.05) is 5.54 Å². The topological polar surface area (TPSA) is 52.3 Å². The summed E-state index contributed by atoms with van der Waals surface area (Å²) in [6.07, 6.45) is 2.98. The summed E-state index contributed by atoms with van der Waals surface area (Å²) in [5, 5.41) is 0. The third kappa shape index (κ3) is 1.57. The molecule has 0 radical (unpaired) electrons. The van der Waals surface area contributed by atoms with Crippen molar-refractivity contribution >= 4 is 5.97 Å². The van der Waals surface area contributed by atoms with E-state index >= 15 is 0 Å². The Labute approximate surface area is 79.6 Å². The van der Waals surface area contributed by atoms with E-state index in [1.165, 1.54) is 0 Å². The van der Waals surface area contributed by atoms with Gasteiger partial charge >= 0.3 is 5.97 Å². The molecular formula is C10H19NO2. The van der Waals surface area contributed by atoms with Crippen LogP contribution in [0.3, 0.4) is 0 Å². The summed E-state index contributed by atoms with van der Waals surface area (Å²) < 4.78 is 5.01. The molecule has 0 aromatic carbocycles. The van der Waals surface area contributed by atoms with Gasteiger partial charge in [-0.3, -0.25) is 4.79 Å². The van der Waals surface area contributed by atoms with Crippen LogP contribution in [0.1, 0.15) is 40.0 Å². The van der Waals surface area contributed by atoms with Gasteiger partial charge in [-0.25, -0.2) is 0 Å². The van der Waals surface area contributed by atoms with Crippen LogP contribution in [-0.2, 0) is 9.53 Å². The number of carbonyl (C=O) groups excluding carboxylic acids is 1. The molecule has 0 bridgehead atoms. The fraction of sp³-hybridized carbons (Fsp3) is 0.900. The van der Waals surface area contributed by atoms with Crippen LogP contribution in [-0.4, -0.2) is 18.1 Å². The lowest BCUT2D eigenvalue weighted by Gasteiger charge is -2.48. The molecule has 2 N–H and O–H groups in total. The molecular weight excluding hydrogens is 166 g/mol. The zero-order chi connectivity index (χ0) is 10.1. The van der Waals surface area contributed by atoms with Crippen molar-refractivity contribution in [2.45, 2.75) is 45.6 Å². The van der Waals surface area contributed by atoms with Crippen molar-refractivity contribution < 1.29 is 9.53 Å². The highest BCUT2D eigenvalue weighted by molar-refractivity contribution is 5.78. The number of hydrogen-bond donors (Lipinski definition) is 1. The van der Waals surface area contributed by atoms with E-state index < -0.39 is 5.41 Å². The lowest BCUT2D eigenvalue weighted by molar-refractivity contribution is -0.160. The highest BCUT2D eigenvalue weighted by atomic mass is 16.5. The summed E-state index contributed by atoms with van der Waals surface area (Å²) in [4.78, 5) is 11.6. The fourth-order valence-electron chi connectivity index (χ4n) is 1.70. The zero-order valence-corrected chi connectivity index (χ0v) is 8.72. The molecule has 0 atom stereocenters. The molecule has 3 nitrogen and oxygen atoms in total. The second-order valence-electron chi connectivity index (χ2n) is 4.36. The second kappa shape index (κ2) is 3.29. The third-order valence-electron chi connectivity index (χ3n) is 3.28. The molecule has 0 amide bonds. The lowest BCUT2D eigenvalue weighted by atomic mass is 9.61. The first-order chi connectivity index (χ1) is 5.94. The van der Waals surface area contributed by atoms with Gasteiger partial charge in [0.2, 0.25) is 0 Å². The van der Waals surface area contributed by atoms with E-state index in [4.69, 9.17) is 10.5 Å². The summed E-state index contributed by atoms with van der Waals surface area (Å²) in [6, 6.07) is 0. The molecule has 0 heterocycles. The van der Waals surface area contributed by atoms with Gasteiger partial charge in [-0.05, 0) is 40.0 Å². The Bertz CT molecular complexity index is 207. The quantitative estimate of drug-likeness (QED) is 0.677. The second-order valence-corrected chi connectivity index (χ2v) is 4.36. The minimum Gasteiger partial charge on any atom is -0.466 e. The maximum Gasteiger partial charge on any atom is 0.313 e. The highest BCUT2D eigenvalue weighted by Gasteiger charge is 2.51. The van der Waals surface area contributed by atoms with E-state index in [0.717, 1.165) is 19.3 Å². The van der Waals surface area contributed by atoms with Crippen LogP contribution in [0.25, 0.3) is 0 Å². The van der Waals surface area contributed by atoms with E-state index in [1.807, 2.05) is 20.8 Å². The zero-order valence-electron chi connectivity index (χ0n) is 8.72. The molecule has 0 spiro atoms. The number of ether oxygens (including phenoxy) is 1. The summed E-state index contributed by atoms with van der Waals surface area (Å²) in [5.74, 6) is -0.169. The summed E-state index contributed by atoms with van der Waals surface area (Å²) in [7, 11) is 0. The molecule has 1 aliphatic rings. The van der Waals surface area contributed by atoms with E-state index in [0.29, 0.717) is 6.61 Å². The van der Waals surface area contributed by atoms with E-state index in [-0.39, 0.29) is 11.5 Å². The van der Waals surface area contributed by atoms with Crippen LogP contribution < -0.4 is 5.73 Å². The Morgan fingerprint density at radius 2 is 2.08 bits per heavy atom. The van der Waals surface area contributed by atoms with E-state index in [1.54, 1.807) is 0 Å². The molecule has 0 saturated heterocycles. The lowest BCUT2D eigenvalue weighted by Crippen LogP contribution is -2.61. The van der Waals surface area contributed by atoms with Crippen molar-refractivity contribution in [2.75, 3.05) is 6.61 Å². The van der Waals surface area contributed by atoms with Crippen LogP contribution in [0.2, 0.25) is 0 Å². The van der Waals surface area contributed by atoms with Crippen molar-refractivity contribution in [3.05, 3.63) is 0 Å². The average Bonchev–Trinajstić information content (AvgIpc) is 2.00. The van der Waals surface area contributed by atoms with Crippen molar-refractivity contribution in [3.63, 3.8) is 0 Å². The van der Waals surface area contributed by atoms with Gasteiger partial charge in [0.1, 0.15) is 0 Å². The molecule has 1 aliphatic carbocycles. The van der Waals surface area contributed by atoms with Crippen molar-refractivity contribution in [1.82, 2.24) is 0 Å². The molecule has 0 aromatic heterocycles. The first-order valence-electron chi connectivity index (χ1n) is 4.90. The smallest absolute Gasteiger partial charge is 0.313 e. The maximum absolute atomic E-state index is 11.6. The predicted molar refractivity (Wildman–Crippen MR) is 51.2 cm³/mol. The van der Waals surface area contributed by atoms with Gasteiger partial charge in [-0.15, -0.1) is 0 Å². The van der Waals surface area contributed by atoms with Gasteiger partial charge in [0.15, 0.2) is 0 Å². The maximum atomic E-state index is 11.6. The van der Waals surface area contributed by atoms with Crippen molar-refractivity contribution in [3.8, 4) is 0 Å². The third-order valence-corrected chi connectivity index (χ3v) is 3.28. The molecule has 1 fully saturated rings. The number of carbonyl (C=O) groups is 1. The van der Waals surface area contributed by atoms with Gasteiger partial charge in [-0.1, -0.05) is 0 Å². The standard InChI is InChI=1S/C10H19NO2/c1-4-13-8(12)9(2,3)10(11)6-5-7-10/h4-7,11H2,1-3H3.